The number of carbonyl (C=O) groups is 3. The number of nitrogens with zero attached hydrogens (tertiary/aromatic N) is 4. The normalized spacial score (nSPS) is 15.1. The maximum absolute atomic E-state index is 14.5. The second-order valence-corrected chi connectivity index (χ2v) is 12.5. The van der Waals surface area contributed by atoms with Crippen LogP contribution in [0, 0.1) is 0 Å². The third kappa shape index (κ3) is 15.8. The van der Waals surface area contributed by atoms with Gasteiger partial charge in [-0.1, -0.05) is 120 Å². The highest BCUT2D eigenvalue weighted by atomic mass is 16.2. The maximum Gasteiger partial charge on any atom is 0.259 e. The molecule has 0 aliphatic heterocycles. The van der Waals surface area contributed by atoms with Gasteiger partial charge >= 0.3 is 0 Å². The first-order valence-electron chi connectivity index (χ1n) is 17.6. The number of benzene rings is 1. The molecule has 0 unspecified atom stereocenters. The van der Waals surface area contributed by atoms with Crippen LogP contribution in [0.4, 0.5) is 0 Å². The van der Waals surface area contributed by atoms with Crippen molar-refractivity contribution >= 4 is 17.7 Å². The molecule has 1 aromatic rings. The summed E-state index contributed by atoms with van der Waals surface area (Å²) in [5.74, 6) is -0.847. The average Bonchev–Trinajstić information content (AvgIpc) is 3.26. The maximum atomic E-state index is 14.5. The van der Waals surface area contributed by atoms with E-state index in [9.17, 15) is 14.4 Å². The Kier molecular flexibility index (Phi) is 21.5. The molecule has 0 radical (unpaired) electrons. The molecule has 8 nitrogen and oxygen atoms in total. The number of carbonyl (C=O) groups excluding carboxylic acids is 3. The van der Waals surface area contributed by atoms with Crippen LogP contribution in [0.3, 0.4) is 0 Å². The van der Waals surface area contributed by atoms with E-state index in [4.69, 9.17) is 5.73 Å². The molecular formula is C41H65N5O3. The summed E-state index contributed by atoms with van der Waals surface area (Å²) < 4.78 is 0. The molecule has 0 bridgehead atoms. The molecule has 272 valence electrons. The van der Waals surface area contributed by atoms with E-state index in [1.54, 1.807) is 46.3 Å². The van der Waals surface area contributed by atoms with E-state index in [1.807, 2.05) is 96.2 Å². The Bertz CT molecular complexity index is 1330. The number of hydrogen-bond acceptors (Lipinski definition) is 5. The van der Waals surface area contributed by atoms with Crippen LogP contribution in [0.25, 0.3) is 0 Å². The zero-order chi connectivity index (χ0) is 37.7. The quantitative estimate of drug-likeness (QED) is 0.165. The molecule has 0 spiro atoms. The van der Waals surface area contributed by atoms with Gasteiger partial charge in [0.15, 0.2) is 0 Å². The number of amides is 3. The number of hydrazine groups is 1. The monoisotopic (exact) mass is 676 g/mol. The van der Waals surface area contributed by atoms with Crippen LogP contribution in [-0.2, 0) is 20.8 Å². The number of rotatable bonds is 14. The molecule has 0 aromatic heterocycles. The summed E-state index contributed by atoms with van der Waals surface area (Å²) in [5.41, 5.74) is 9.39. The second kappa shape index (κ2) is 23.4. The first-order valence-corrected chi connectivity index (χ1v) is 17.6. The topological polar surface area (TPSA) is 90.2 Å². The molecule has 3 amide bonds. The minimum atomic E-state index is -0.854. The lowest BCUT2D eigenvalue weighted by Crippen LogP contribution is -2.57. The van der Waals surface area contributed by atoms with Crippen LogP contribution in [0.15, 0.2) is 102 Å². The van der Waals surface area contributed by atoms with Gasteiger partial charge in [-0.15, -0.1) is 0 Å². The number of hydrogen-bond donors (Lipinski definition) is 1. The molecule has 0 heterocycles. The zero-order valence-electron chi connectivity index (χ0n) is 32.5. The third-order valence-corrected chi connectivity index (χ3v) is 7.83. The first-order chi connectivity index (χ1) is 23.2. The predicted molar refractivity (Wildman–Crippen MR) is 208 cm³/mol. The van der Waals surface area contributed by atoms with Gasteiger partial charge in [0.2, 0.25) is 11.8 Å². The average molecular weight is 676 g/mol. The van der Waals surface area contributed by atoms with E-state index in [-0.39, 0.29) is 17.7 Å². The van der Waals surface area contributed by atoms with E-state index in [1.165, 1.54) is 20.9 Å². The SMILES string of the molecule is C=C1C=CCC(C[C@H](C(=O)N(C)[C@H](Cc2ccccc2)C(=O)N(C)N(C)C)N(C)C(=O)/C=C/CC(C)(C)N)=C/C1=C/C=C\CC.CC.CC. The Morgan fingerprint density at radius 2 is 1.49 bits per heavy atom. The predicted octanol–water partition coefficient (Wildman–Crippen LogP) is 7.28. The molecule has 0 fully saturated rings. The Morgan fingerprint density at radius 3 is 2.04 bits per heavy atom. The summed E-state index contributed by atoms with van der Waals surface area (Å²) >= 11 is 0. The highest BCUT2D eigenvalue weighted by molar-refractivity contribution is 5.95. The van der Waals surface area contributed by atoms with Gasteiger partial charge in [0.05, 0.1) is 0 Å². The molecule has 49 heavy (non-hydrogen) atoms. The lowest BCUT2D eigenvalue weighted by Gasteiger charge is -2.37. The largest absolute Gasteiger partial charge is 0.332 e. The van der Waals surface area contributed by atoms with Gasteiger partial charge in [0.25, 0.3) is 5.91 Å². The lowest BCUT2D eigenvalue weighted by molar-refractivity contribution is -0.154. The van der Waals surface area contributed by atoms with Crippen molar-refractivity contribution in [1.82, 2.24) is 19.8 Å². The zero-order valence-corrected chi connectivity index (χ0v) is 32.5. The van der Waals surface area contributed by atoms with Crippen LogP contribution in [0.1, 0.15) is 79.7 Å². The van der Waals surface area contributed by atoms with Crippen molar-refractivity contribution in [2.45, 2.75) is 98.2 Å². The Hall–Kier alpha value is -4.01. The van der Waals surface area contributed by atoms with Crippen molar-refractivity contribution in [2.75, 3.05) is 35.2 Å². The third-order valence-electron chi connectivity index (χ3n) is 7.83. The molecule has 2 N–H and O–H groups in total. The van der Waals surface area contributed by atoms with Gasteiger partial charge in [0.1, 0.15) is 12.1 Å². The summed E-state index contributed by atoms with van der Waals surface area (Å²) in [6.07, 6.45) is 18.0. The standard InChI is InChI=1S/C37H53N5O3.2C2H6/c1-10-11-13-22-31-25-30(21-16-18-28(31)2)27-32(40(7)34(43)23-17-24-37(3,4)38)35(44)41(8)33(36(45)42(9)39(5)6)26-29-19-14-12-15-20-29;2*1-2/h11-20,22-23,25,32-33H,2,10,21,24,26-27,38H2,1,3-9H3;2*1-2H3/b13-11-,23-17+,31-22-;;/t32-,33-;;/m1../s1. The van der Waals surface area contributed by atoms with Crippen LogP contribution < -0.4 is 5.73 Å². The van der Waals surface area contributed by atoms with E-state index in [0.717, 1.165) is 28.7 Å². The summed E-state index contributed by atoms with van der Waals surface area (Å²) in [7, 11) is 8.54. The van der Waals surface area contributed by atoms with Gasteiger partial charge in [-0.25, -0.2) is 5.01 Å². The number of allylic oxidation sites excluding steroid dienone is 8. The molecular weight excluding hydrogens is 610 g/mol. The molecule has 2 atom stereocenters. The highest BCUT2D eigenvalue weighted by Crippen LogP contribution is 2.26. The van der Waals surface area contributed by atoms with E-state index >= 15 is 0 Å². The highest BCUT2D eigenvalue weighted by Gasteiger charge is 2.36. The Balaban J connectivity index is 0.00000554. The smallest absolute Gasteiger partial charge is 0.259 e. The van der Waals surface area contributed by atoms with Crippen molar-refractivity contribution in [3.05, 3.63) is 108 Å². The van der Waals surface area contributed by atoms with Crippen LogP contribution in [0.2, 0.25) is 0 Å². The Labute approximate surface area is 298 Å². The van der Waals surface area contributed by atoms with Gasteiger partial charge < -0.3 is 15.5 Å². The van der Waals surface area contributed by atoms with Crippen molar-refractivity contribution in [2.24, 2.45) is 5.73 Å². The lowest BCUT2D eigenvalue weighted by atomic mass is 9.97. The van der Waals surface area contributed by atoms with Crippen molar-refractivity contribution in [3.8, 4) is 0 Å². The van der Waals surface area contributed by atoms with Gasteiger partial charge in [-0.05, 0) is 62.3 Å². The van der Waals surface area contributed by atoms with Gasteiger partial charge in [-0.3, -0.25) is 19.4 Å². The summed E-state index contributed by atoms with van der Waals surface area (Å²) in [6.45, 7) is 18.1. The molecule has 0 saturated carbocycles. The molecule has 1 aliphatic carbocycles. The van der Waals surface area contributed by atoms with Crippen LogP contribution >= 0.6 is 0 Å². The number of nitrogens with two attached hydrogens (primary N) is 1. The number of likely N-dealkylation sites (N-methyl/N-ethyl adjacent to an activating group) is 3. The van der Waals surface area contributed by atoms with Crippen molar-refractivity contribution in [3.63, 3.8) is 0 Å². The molecule has 2 rings (SSSR count). The molecule has 8 heteroatoms. The second-order valence-electron chi connectivity index (χ2n) is 12.5. The van der Waals surface area contributed by atoms with Gasteiger partial charge in [-0.2, -0.15) is 0 Å². The minimum absolute atomic E-state index is 0.224. The van der Waals surface area contributed by atoms with Crippen molar-refractivity contribution in [1.29, 1.82) is 0 Å². The van der Waals surface area contributed by atoms with Crippen molar-refractivity contribution < 1.29 is 14.4 Å². The van der Waals surface area contributed by atoms with E-state index in [0.29, 0.717) is 25.7 Å². The Morgan fingerprint density at radius 1 is 0.898 bits per heavy atom. The van der Waals surface area contributed by atoms with Crippen LogP contribution in [0.5, 0.6) is 0 Å². The molecule has 0 saturated heterocycles. The summed E-state index contributed by atoms with van der Waals surface area (Å²) in [4.78, 5) is 44.7. The molecule has 1 aliphatic rings. The summed E-state index contributed by atoms with van der Waals surface area (Å²) in [5, 5.41) is 3.19. The van der Waals surface area contributed by atoms with Crippen LogP contribution in [-0.4, -0.2) is 90.4 Å². The fourth-order valence-corrected chi connectivity index (χ4v) is 4.83. The first kappa shape index (κ1) is 45.0. The van der Waals surface area contributed by atoms with E-state index in [2.05, 4.69) is 25.7 Å². The molecule has 1 aromatic carbocycles. The fraction of sp³-hybridized carbons (Fsp3) is 0.488. The fourth-order valence-electron chi connectivity index (χ4n) is 4.83. The summed E-state index contributed by atoms with van der Waals surface area (Å²) in [6, 6.07) is 8.00. The van der Waals surface area contributed by atoms with E-state index < -0.39 is 17.6 Å². The van der Waals surface area contributed by atoms with Gasteiger partial charge in [0, 0.05) is 47.2 Å². The minimum Gasteiger partial charge on any atom is -0.332 e.